The molecule has 32 heavy (non-hydrogen) atoms. The van der Waals surface area contributed by atoms with Crippen LogP contribution in [-0.2, 0) is 9.59 Å². The van der Waals surface area contributed by atoms with Gasteiger partial charge < -0.3 is 15.1 Å². The number of nitrogens with zero attached hydrogens (tertiary/aromatic N) is 2. The van der Waals surface area contributed by atoms with E-state index in [4.69, 9.17) is 16.0 Å². The maximum Gasteiger partial charge on any atom is 0.265 e. The van der Waals surface area contributed by atoms with Gasteiger partial charge in [-0.05, 0) is 55.0 Å². The van der Waals surface area contributed by atoms with Gasteiger partial charge in [-0.25, -0.2) is 5.01 Å². The number of carbonyl (C=O) groups excluding carboxylic acids is 2. The number of carbonyl (C=O) groups is 2. The normalized spacial score (nSPS) is 16.4. The van der Waals surface area contributed by atoms with Crippen LogP contribution in [0, 0.1) is 0 Å². The number of rotatable bonds is 6. The minimum atomic E-state index is -0.562. The Balaban J connectivity index is 1.56. The number of amides is 2. The second-order valence-corrected chi connectivity index (χ2v) is 8.04. The quantitative estimate of drug-likeness (QED) is 0.549. The van der Waals surface area contributed by atoms with Crippen LogP contribution in [0.15, 0.2) is 76.4 Å². The fourth-order valence-electron chi connectivity index (χ4n) is 3.63. The molecular weight excluding hydrogens is 428 g/mol. The molecule has 1 aliphatic heterocycles. The van der Waals surface area contributed by atoms with Crippen molar-refractivity contribution in [2.75, 3.05) is 10.6 Å². The van der Waals surface area contributed by atoms with Crippen LogP contribution < -0.4 is 10.6 Å². The molecule has 3 aromatic rings. The number of hydrogen-bond donors (Lipinski definition) is 2. The van der Waals surface area contributed by atoms with Gasteiger partial charge in [0.05, 0.1) is 12.0 Å². The lowest BCUT2D eigenvalue weighted by atomic mass is 10.0. The first-order chi connectivity index (χ1) is 15.4. The minimum Gasteiger partial charge on any atom is -0.467 e. The third kappa shape index (κ3) is 4.84. The summed E-state index contributed by atoms with van der Waals surface area (Å²) in [5.41, 5.74) is 3.06. The summed E-state index contributed by atoms with van der Waals surface area (Å²) in [7, 11) is 0. The number of halogens is 1. The molecule has 2 atom stereocenters. The van der Waals surface area contributed by atoms with Crippen molar-refractivity contribution in [3.8, 4) is 0 Å². The van der Waals surface area contributed by atoms with E-state index in [2.05, 4.69) is 15.7 Å². The summed E-state index contributed by atoms with van der Waals surface area (Å²) >= 11 is 6.01. The molecule has 2 N–H and O–H groups in total. The van der Waals surface area contributed by atoms with Crippen LogP contribution in [0.2, 0.25) is 5.02 Å². The SMILES string of the molecule is CC(=O)Nc1cccc(N[C@H](C)C(=O)N2N=C(c3ccc(Cl)cc3)C[C@@H]2c2ccco2)c1. The van der Waals surface area contributed by atoms with E-state index in [-0.39, 0.29) is 17.9 Å². The van der Waals surface area contributed by atoms with Crippen molar-refractivity contribution >= 4 is 40.5 Å². The molecule has 7 nitrogen and oxygen atoms in total. The van der Waals surface area contributed by atoms with Crippen LogP contribution in [0.25, 0.3) is 0 Å². The molecule has 0 radical (unpaired) electrons. The molecule has 1 aromatic heterocycles. The van der Waals surface area contributed by atoms with E-state index >= 15 is 0 Å². The van der Waals surface area contributed by atoms with E-state index in [1.54, 1.807) is 43.5 Å². The summed E-state index contributed by atoms with van der Waals surface area (Å²) in [6.07, 6.45) is 2.12. The molecule has 8 heteroatoms. The highest BCUT2D eigenvalue weighted by Crippen LogP contribution is 2.34. The predicted molar refractivity (Wildman–Crippen MR) is 125 cm³/mol. The molecule has 0 bridgehead atoms. The Morgan fingerprint density at radius 3 is 2.56 bits per heavy atom. The van der Waals surface area contributed by atoms with Crippen molar-refractivity contribution in [2.24, 2.45) is 5.10 Å². The first-order valence-electron chi connectivity index (χ1n) is 10.2. The van der Waals surface area contributed by atoms with Crippen molar-refractivity contribution < 1.29 is 14.0 Å². The van der Waals surface area contributed by atoms with Gasteiger partial charge in [0.15, 0.2) is 0 Å². The van der Waals surface area contributed by atoms with Gasteiger partial charge in [0, 0.05) is 29.7 Å². The highest BCUT2D eigenvalue weighted by molar-refractivity contribution is 6.30. The molecule has 1 aliphatic rings. The summed E-state index contributed by atoms with van der Waals surface area (Å²) in [6, 6.07) is 17.4. The molecule has 2 heterocycles. The third-order valence-corrected chi connectivity index (χ3v) is 5.37. The van der Waals surface area contributed by atoms with Gasteiger partial charge in [-0.15, -0.1) is 0 Å². The van der Waals surface area contributed by atoms with E-state index in [0.717, 1.165) is 11.3 Å². The number of furan rings is 1. The molecule has 2 amide bonds. The Morgan fingerprint density at radius 2 is 1.88 bits per heavy atom. The molecule has 0 saturated heterocycles. The van der Waals surface area contributed by atoms with Crippen LogP contribution in [0.3, 0.4) is 0 Å². The van der Waals surface area contributed by atoms with E-state index in [9.17, 15) is 9.59 Å². The van der Waals surface area contributed by atoms with Crippen LogP contribution in [0.4, 0.5) is 11.4 Å². The number of nitrogens with one attached hydrogen (secondary N) is 2. The number of hydrazone groups is 1. The Bertz CT molecular complexity index is 1140. The predicted octanol–water partition coefficient (Wildman–Crippen LogP) is 5.07. The van der Waals surface area contributed by atoms with E-state index in [1.807, 2.05) is 30.3 Å². The number of benzene rings is 2. The zero-order valence-electron chi connectivity index (χ0n) is 17.7. The van der Waals surface area contributed by atoms with Crippen molar-refractivity contribution in [2.45, 2.75) is 32.4 Å². The molecular formula is C24H23ClN4O3. The maximum absolute atomic E-state index is 13.4. The summed E-state index contributed by atoms with van der Waals surface area (Å²) in [5, 5.41) is 12.7. The molecule has 164 valence electrons. The molecule has 0 aliphatic carbocycles. The Morgan fingerprint density at radius 1 is 1.12 bits per heavy atom. The van der Waals surface area contributed by atoms with Crippen LogP contribution in [0.1, 0.15) is 37.6 Å². The van der Waals surface area contributed by atoms with Gasteiger partial charge in [0.2, 0.25) is 5.91 Å². The fraction of sp³-hybridized carbons (Fsp3) is 0.208. The molecule has 0 spiro atoms. The van der Waals surface area contributed by atoms with Gasteiger partial charge in [0.1, 0.15) is 17.8 Å². The summed E-state index contributed by atoms with van der Waals surface area (Å²) in [5.74, 6) is 0.319. The molecule has 0 unspecified atom stereocenters. The average molecular weight is 451 g/mol. The Kier molecular flexibility index (Phi) is 6.28. The zero-order valence-corrected chi connectivity index (χ0v) is 18.5. The lowest BCUT2D eigenvalue weighted by Crippen LogP contribution is -2.38. The molecule has 4 rings (SSSR count). The first kappa shape index (κ1) is 21.6. The minimum absolute atomic E-state index is 0.159. The highest BCUT2D eigenvalue weighted by Gasteiger charge is 2.36. The summed E-state index contributed by atoms with van der Waals surface area (Å²) in [6.45, 7) is 3.23. The second-order valence-electron chi connectivity index (χ2n) is 7.60. The summed E-state index contributed by atoms with van der Waals surface area (Å²) < 4.78 is 5.60. The molecule has 2 aromatic carbocycles. The van der Waals surface area contributed by atoms with Crippen LogP contribution >= 0.6 is 11.6 Å². The zero-order chi connectivity index (χ0) is 22.7. The highest BCUT2D eigenvalue weighted by atomic mass is 35.5. The van der Waals surface area contributed by atoms with Gasteiger partial charge in [-0.1, -0.05) is 29.8 Å². The van der Waals surface area contributed by atoms with Gasteiger partial charge in [0.25, 0.3) is 5.91 Å². The van der Waals surface area contributed by atoms with Crippen LogP contribution in [0.5, 0.6) is 0 Å². The van der Waals surface area contributed by atoms with Crippen molar-refractivity contribution in [3.05, 3.63) is 83.3 Å². The van der Waals surface area contributed by atoms with Gasteiger partial charge >= 0.3 is 0 Å². The summed E-state index contributed by atoms with van der Waals surface area (Å²) in [4.78, 5) is 24.7. The van der Waals surface area contributed by atoms with Crippen LogP contribution in [-0.4, -0.2) is 28.6 Å². The monoisotopic (exact) mass is 450 g/mol. The Hall–Kier alpha value is -3.58. The largest absolute Gasteiger partial charge is 0.467 e. The lowest BCUT2D eigenvalue weighted by molar-refractivity contribution is -0.133. The van der Waals surface area contributed by atoms with Crippen molar-refractivity contribution in [1.82, 2.24) is 5.01 Å². The fourth-order valence-corrected chi connectivity index (χ4v) is 3.76. The smallest absolute Gasteiger partial charge is 0.265 e. The average Bonchev–Trinajstić information content (AvgIpc) is 3.43. The van der Waals surface area contributed by atoms with Crippen molar-refractivity contribution in [1.29, 1.82) is 0 Å². The topological polar surface area (TPSA) is 86.9 Å². The van der Waals surface area contributed by atoms with E-state index in [0.29, 0.717) is 28.6 Å². The molecule has 0 saturated carbocycles. The van der Waals surface area contributed by atoms with Gasteiger partial charge in [-0.2, -0.15) is 5.10 Å². The van der Waals surface area contributed by atoms with Gasteiger partial charge in [-0.3, -0.25) is 9.59 Å². The van der Waals surface area contributed by atoms with Crippen molar-refractivity contribution in [3.63, 3.8) is 0 Å². The second kappa shape index (κ2) is 9.28. The first-order valence-corrected chi connectivity index (χ1v) is 10.6. The van der Waals surface area contributed by atoms with E-state index in [1.165, 1.54) is 11.9 Å². The Labute approximate surface area is 191 Å². The maximum atomic E-state index is 13.4. The third-order valence-electron chi connectivity index (χ3n) is 5.12. The number of hydrogen-bond acceptors (Lipinski definition) is 5. The molecule has 0 fully saturated rings. The number of anilines is 2. The standard InChI is InChI=1S/C24H23ClN4O3/c1-15(26-19-5-3-6-20(13-19)27-16(2)30)24(31)29-22(23-7-4-12-32-23)14-21(28-29)17-8-10-18(25)11-9-17/h3-13,15,22,26H,14H2,1-2H3,(H,27,30)/t15-,22-/m1/s1. The lowest BCUT2D eigenvalue weighted by Gasteiger charge is -2.24. The van der Waals surface area contributed by atoms with E-state index < -0.39 is 6.04 Å².